The molecule has 1 aliphatic rings. The van der Waals surface area contributed by atoms with Crippen LogP contribution in [0.25, 0.3) is 5.70 Å². The molecule has 4 N–H and O–H groups in total. The molecule has 0 saturated carbocycles. The molecular weight excluding hydrogens is 300 g/mol. The zero-order valence-electron chi connectivity index (χ0n) is 12.3. The van der Waals surface area contributed by atoms with E-state index in [2.05, 4.69) is 5.18 Å². The minimum atomic E-state index is -0.683. The van der Waals surface area contributed by atoms with Gasteiger partial charge in [0.25, 0.3) is 5.91 Å². The fourth-order valence-electron chi connectivity index (χ4n) is 2.45. The molecule has 1 heterocycles. The van der Waals surface area contributed by atoms with Gasteiger partial charge in [0.15, 0.2) is 17.2 Å². The highest BCUT2D eigenvalue weighted by Crippen LogP contribution is 2.38. The molecule has 0 aromatic heterocycles. The van der Waals surface area contributed by atoms with Gasteiger partial charge in [0.1, 0.15) is 11.6 Å². The number of phenols is 2. The molecule has 23 heavy (non-hydrogen) atoms. The fourth-order valence-corrected chi connectivity index (χ4v) is 2.45. The van der Waals surface area contributed by atoms with Gasteiger partial charge >= 0.3 is 0 Å². The van der Waals surface area contributed by atoms with Crippen LogP contribution in [0, 0.1) is 16.2 Å². The minimum absolute atomic E-state index is 0.0665. The lowest BCUT2D eigenvalue weighted by Crippen LogP contribution is -2.37. The summed E-state index contributed by atoms with van der Waals surface area (Å²) >= 11 is 0. The molecule has 1 aromatic carbocycles. The molecule has 0 spiro atoms. The number of nitroso groups, excluding NO2 is 1. The Bertz CT molecular complexity index is 715. The van der Waals surface area contributed by atoms with Crippen LogP contribution in [0.2, 0.25) is 0 Å². The summed E-state index contributed by atoms with van der Waals surface area (Å²) in [5.74, 6) is -1.78. The van der Waals surface area contributed by atoms with Gasteiger partial charge in [-0.15, -0.1) is 4.91 Å². The van der Waals surface area contributed by atoms with Crippen molar-refractivity contribution in [3.05, 3.63) is 28.2 Å². The van der Waals surface area contributed by atoms with Crippen LogP contribution in [-0.2, 0) is 4.79 Å². The van der Waals surface area contributed by atoms with Gasteiger partial charge in [-0.3, -0.25) is 4.79 Å². The minimum Gasteiger partial charge on any atom is -0.504 e. The van der Waals surface area contributed by atoms with Crippen LogP contribution in [0.1, 0.15) is 24.8 Å². The van der Waals surface area contributed by atoms with E-state index in [0.29, 0.717) is 13.1 Å². The van der Waals surface area contributed by atoms with Crippen LogP contribution in [0.4, 0.5) is 5.69 Å². The number of nitriles is 1. The second kappa shape index (κ2) is 6.79. The Balaban J connectivity index is 2.45. The van der Waals surface area contributed by atoms with E-state index in [-0.39, 0.29) is 16.8 Å². The molecule has 120 valence electrons. The number of rotatable bonds is 3. The van der Waals surface area contributed by atoms with E-state index in [1.165, 1.54) is 0 Å². The molecule has 1 aliphatic heterocycles. The smallest absolute Gasteiger partial charge is 0.266 e. The van der Waals surface area contributed by atoms with Crippen molar-refractivity contribution in [3.8, 4) is 17.6 Å². The highest BCUT2D eigenvalue weighted by molar-refractivity contribution is 6.04. The van der Waals surface area contributed by atoms with Crippen LogP contribution in [-0.4, -0.2) is 34.1 Å². The summed E-state index contributed by atoms with van der Waals surface area (Å²) in [5.41, 5.74) is 5.07. The van der Waals surface area contributed by atoms with Crippen LogP contribution < -0.4 is 5.73 Å². The van der Waals surface area contributed by atoms with Crippen molar-refractivity contribution >= 4 is 17.3 Å². The normalized spacial score (nSPS) is 15.5. The molecule has 1 saturated heterocycles. The molecular formula is C15H16N4O4. The van der Waals surface area contributed by atoms with Crippen molar-refractivity contribution in [2.45, 2.75) is 19.3 Å². The summed E-state index contributed by atoms with van der Waals surface area (Å²) in [4.78, 5) is 24.6. The number of amides is 1. The van der Waals surface area contributed by atoms with Crippen molar-refractivity contribution in [1.82, 2.24) is 4.90 Å². The Morgan fingerprint density at radius 2 is 1.91 bits per heavy atom. The quantitative estimate of drug-likeness (QED) is 0.335. The molecule has 0 unspecified atom stereocenters. The number of carbonyl (C=O) groups excluding carboxylic acids is 1. The summed E-state index contributed by atoms with van der Waals surface area (Å²) in [6, 6.07) is 3.96. The van der Waals surface area contributed by atoms with Gasteiger partial charge in [0, 0.05) is 18.7 Å². The molecule has 0 aliphatic carbocycles. The van der Waals surface area contributed by atoms with Gasteiger partial charge in [-0.05, 0) is 36.6 Å². The second-order valence-corrected chi connectivity index (χ2v) is 5.21. The average molecular weight is 316 g/mol. The third-order valence-corrected chi connectivity index (χ3v) is 3.72. The van der Waals surface area contributed by atoms with Gasteiger partial charge in [0.2, 0.25) is 0 Å². The number of aromatic hydroxyl groups is 2. The Morgan fingerprint density at radius 3 is 2.48 bits per heavy atom. The standard InChI is InChI=1S/C15H16N4O4/c16-8-10(15(22)19-4-2-1-3-5-19)13(17)9-6-11(18-23)14(21)12(20)7-9/h6-7,20-21H,1-5,17H2/b13-10-. The van der Waals surface area contributed by atoms with Gasteiger partial charge in [-0.1, -0.05) is 0 Å². The largest absolute Gasteiger partial charge is 0.504 e. The SMILES string of the molecule is N#C/C(C(=O)N1CCCCC1)=C(/N)c1cc(O)c(O)c(N=O)c1. The molecule has 1 fully saturated rings. The molecule has 8 heteroatoms. The molecule has 1 amide bonds. The van der Waals surface area contributed by atoms with Crippen LogP contribution in [0.5, 0.6) is 11.5 Å². The van der Waals surface area contributed by atoms with E-state index < -0.39 is 23.1 Å². The maximum absolute atomic E-state index is 12.4. The zero-order valence-corrected chi connectivity index (χ0v) is 12.3. The number of likely N-dealkylation sites (tertiary alicyclic amines) is 1. The number of benzene rings is 1. The topological polar surface area (TPSA) is 140 Å². The lowest BCUT2D eigenvalue weighted by molar-refractivity contribution is -0.127. The third-order valence-electron chi connectivity index (χ3n) is 3.72. The van der Waals surface area contributed by atoms with E-state index >= 15 is 0 Å². The predicted molar refractivity (Wildman–Crippen MR) is 82.4 cm³/mol. The Hall–Kier alpha value is -3.08. The van der Waals surface area contributed by atoms with E-state index in [0.717, 1.165) is 31.4 Å². The van der Waals surface area contributed by atoms with Gasteiger partial charge < -0.3 is 20.8 Å². The second-order valence-electron chi connectivity index (χ2n) is 5.21. The fraction of sp³-hybridized carbons (Fsp3) is 0.333. The van der Waals surface area contributed by atoms with Crippen LogP contribution >= 0.6 is 0 Å². The van der Waals surface area contributed by atoms with E-state index in [4.69, 9.17) is 5.73 Å². The first kappa shape index (κ1) is 16.3. The summed E-state index contributed by atoms with van der Waals surface area (Å²) < 4.78 is 0. The number of phenolic OH excluding ortho intramolecular Hbond substituents is 2. The predicted octanol–water partition coefficient (Wildman–Crippen LogP) is 1.70. The Morgan fingerprint density at radius 1 is 1.26 bits per heavy atom. The summed E-state index contributed by atoms with van der Waals surface area (Å²) in [5, 5.41) is 30.9. The first-order valence-corrected chi connectivity index (χ1v) is 7.08. The monoisotopic (exact) mass is 316 g/mol. The van der Waals surface area contributed by atoms with E-state index in [1.807, 2.05) is 0 Å². The van der Waals surface area contributed by atoms with Gasteiger partial charge in [0.05, 0.1) is 5.70 Å². The lowest BCUT2D eigenvalue weighted by Gasteiger charge is -2.26. The highest BCUT2D eigenvalue weighted by Gasteiger charge is 2.24. The van der Waals surface area contributed by atoms with Crippen molar-refractivity contribution in [3.63, 3.8) is 0 Å². The van der Waals surface area contributed by atoms with Gasteiger partial charge in [-0.2, -0.15) is 5.26 Å². The number of nitrogens with zero attached hydrogens (tertiary/aromatic N) is 3. The number of nitrogens with two attached hydrogens (primary N) is 1. The van der Waals surface area contributed by atoms with Crippen molar-refractivity contribution in [2.24, 2.45) is 10.9 Å². The average Bonchev–Trinajstić information content (AvgIpc) is 2.58. The maximum Gasteiger partial charge on any atom is 0.266 e. The number of hydrogen-bond donors (Lipinski definition) is 3. The summed E-state index contributed by atoms with van der Waals surface area (Å²) in [7, 11) is 0. The lowest BCUT2D eigenvalue weighted by atomic mass is 10.0. The highest BCUT2D eigenvalue weighted by atomic mass is 16.3. The first-order chi connectivity index (χ1) is 11.0. The first-order valence-electron chi connectivity index (χ1n) is 7.08. The Kier molecular flexibility index (Phi) is 4.81. The van der Waals surface area contributed by atoms with E-state index in [9.17, 15) is 25.2 Å². The molecule has 1 aromatic rings. The molecule has 2 rings (SSSR count). The third kappa shape index (κ3) is 3.23. The van der Waals surface area contributed by atoms with Crippen molar-refractivity contribution < 1.29 is 15.0 Å². The number of hydrogen-bond acceptors (Lipinski definition) is 7. The number of carbonyl (C=O) groups is 1. The van der Waals surface area contributed by atoms with Gasteiger partial charge in [-0.25, -0.2) is 0 Å². The molecule has 0 atom stereocenters. The Labute approximate surface area is 132 Å². The van der Waals surface area contributed by atoms with Crippen LogP contribution in [0.3, 0.4) is 0 Å². The van der Waals surface area contributed by atoms with Crippen molar-refractivity contribution in [2.75, 3.05) is 13.1 Å². The zero-order chi connectivity index (χ0) is 17.0. The van der Waals surface area contributed by atoms with Crippen LogP contribution in [0.15, 0.2) is 22.9 Å². The summed E-state index contributed by atoms with van der Waals surface area (Å²) in [6.45, 7) is 1.11. The molecule has 0 radical (unpaired) electrons. The van der Waals surface area contributed by atoms with E-state index in [1.54, 1.807) is 11.0 Å². The summed E-state index contributed by atoms with van der Waals surface area (Å²) in [6.07, 6.45) is 2.76. The van der Waals surface area contributed by atoms with Crippen molar-refractivity contribution in [1.29, 1.82) is 5.26 Å². The maximum atomic E-state index is 12.4. The molecule has 8 nitrogen and oxygen atoms in total. The number of piperidine rings is 1. The molecule has 0 bridgehead atoms.